The topological polar surface area (TPSA) is 149 Å². The zero-order valence-electron chi connectivity index (χ0n) is 21.0. The van der Waals surface area contributed by atoms with Crippen LogP contribution in [0.4, 0.5) is 0 Å². The number of carbonyl (C=O) groups is 3. The molecule has 0 saturated carbocycles. The molecule has 192 valence electrons. The third-order valence-corrected chi connectivity index (χ3v) is 4.43. The number of hydrogen-bond acceptors (Lipinski definition) is 5. The molecule has 0 aromatic heterocycles. The molecule has 6 N–H and O–H groups in total. The van der Waals surface area contributed by atoms with E-state index in [2.05, 4.69) is 41.3 Å². The lowest BCUT2D eigenvalue weighted by Crippen LogP contribution is -2.47. The molecule has 0 aliphatic heterocycles. The predicted molar refractivity (Wildman–Crippen MR) is 141 cm³/mol. The molecule has 1 unspecified atom stereocenters. The van der Waals surface area contributed by atoms with Crippen LogP contribution in [0.3, 0.4) is 0 Å². The van der Waals surface area contributed by atoms with E-state index in [1.165, 1.54) is 13.5 Å². The van der Waals surface area contributed by atoms with E-state index in [4.69, 9.17) is 16.2 Å². The Labute approximate surface area is 212 Å². The van der Waals surface area contributed by atoms with E-state index >= 15 is 0 Å². The molecule has 0 radical (unpaired) electrons. The molecule has 0 heterocycles. The van der Waals surface area contributed by atoms with Gasteiger partial charge in [-0.1, -0.05) is 74.6 Å². The molecule has 2 aromatic carbocycles. The van der Waals surface area contributed by atoms with Gasteiger partial charge < -0.3 is 26.8 Å². The van der Waals surface area contributed by atoms with Gasteiger partial charge in [0.1, 0.15) is 12.6 Å². The maximum absolute atomic E-state index is 12.2. The summed E-state index contributed by atoms with van der Waals surface area (Å²) in [6.45, 7) is 3.62. The van der Waals surface area contributed by atoms with E-state index in [0.717, 1.165) is 16.7 Å². The van der Waals surface area contributed by atoms with Gasteiger partial charge in [-0.3, -0.25) is 9.59 Å². The molecule has 0 saturated heterocycles. The van der Waals surface area contributed by atoms with Crippen LogP contribution in [0, 0.1) is 11.8 Å². The van der Waals surface area contributed by atoms with Crippen LogP contribution in [0.15, 0.2) is 59.6 Å². The van der Waals surface area contributed by atoms with Gasteiger partial charge in [0.05, 0.1) is 13.7 Å². The number of amides is 2. The van der Waals surface area contributed by atoms with Crippen molar-refractivity contribution in [3.8, 4) is 11.8 Å². The van der Waals surface area contributed by atoms with E-state index in [1.54, 1.807) is 0 Å². The highest BCUT2D eigenvalue weighted by Gasteiger charge is 2.22. The summed E-state index contributed by atoms with van der Waals surface area (Å²) in [7, 11) is 1.24. The molecule has 2 amide bonds. The van der Waals surface area contributed by atoms with Crippen molar-refractivity contribution in [3.05, 3.63) is 71.3 Å². The fraction of sp³-hybridized carbons (Fsp3) is 0.333. The van der Waals surface area contributed by atoms with Crippen molar-refractivity contribution >= 4 is 23.7 Å². The Bertz CT molecular complexity index is 1050. The van der Waals surface area contributed by atoms with Gasteiger partial charge in [-0.05, 0) is 23.3 Å². The summed E-state index contributed by atoms with van der Waals surface area (Å²) in [5.74, 6) is 4.34. The second kappa shape index (κ2) is 17.2. The Balaban J connectivity index is 0.00000205. The Morgan fingerprint density at radius 3 is 2.19 bits per heavy atom. The molecular formula is C27H35N5O4. The summed E-state index contributed by atoms with van der Waals surface area (Å²) < 4.78 is 4.79. The monoisotopic (exact) mass is 493 g/mol. The molecule has 36 heavy (non-hydrogen) atoms. The first-order valence-corrected chi connectivity index (χ1v) is 11.6. The Morgan fingerprint density at radius 1 is 0.972 bits per heavy atom. The van der Waals surface area contributed by atoms with Gasteiger partial charge in [-0.15, -0.1) is 0 Å². The molecule has 9 nitrogen and oxygen atoms in total. The van der Waals surface area contributed by atoms with E-state index in [9.17, 15) is 14.4 Å². The molecule has 0 bridgehead atoms. The van der Waals surface area contributed by atoms with Crippen LogP contribution in [-0.4, -0.2) is 50.0 Å². The number of nitrogens with two attached hydrogens (primary N) is 2. The second-order valence-electron chi connectivity index (χ2n) is 7.73. The summed E-state index contributed by atoms with van der Waals surface area (Å²) in [5, 5.41) is 4.93. The summed E-state index contributed by atoms with van der Waals surface area (Å²) in [5.41, 5.74) is 13.1. The molecule has 0 aliphatic carbocycles. The van der Waals surface area contributed by atoms with Crippen molar-refractivity contribution in [2.45, 2.75) is 39.2 Å². The number of nitrogens with zero attached hydrogens (tertiary/aromatic N) is 1. The van der Waals surface area contributed by atoms with Crippen LogP contribution in [0.5, 0.6) is 0 Å². The summed E-state index contributed by atoms with van der Waals surface area (Å²) in [6, 6.07) is 16.4. The molecule has 1 atom stereocenters. The van der Waals surface area contributed by atoms with Crippen LogP contribution < -0.4 is 22.1 Å². The number of benzene rings is 2. The van der Waals surface area contributed by atoms with E-state index in [1.807, 2.05) is 54.6 Å². The third kappa shape index (κ3) is 12.8. The van der Waals surface area contributed by atoms with Gasteiger partial charge in [0.25, 0.3) is 0 Å². The Morgan fingerprint density at radius 2 is 1.61 bits per heavy atom. The zero-order chi connectivity index (χ0) is 26.8. The second-order valence-corrected chi connectivity index (χ2v) is 7.73. The van der Waals surface area contributed by atoms with Gasteiger partial charge in [0.2, 0.25) is 11.8 Å². The van der Waals surface area contributed by atoms with Gasteiger partial charge in [0.15, 0.2) is 5.96 Å². The molecule has 2 aromatic rings. The van der Waals surface area contributed by atoms with Crippen LogP contribution >= 0.6 is 0 Å². The molecular weight excluding hydrogens is 458 g/mol. The van der Waals surface area contributed by atoms with Crippen LogP contribution in [0.1, 0.15) is 37.0 Å². The van der Waals surface area contributed by atoms with Crippen molar-refractivity contribution in [1.29, 1.82) is 0 Å². The van der Waals surface area contributed by atoms with Crippen LogP contribution in [-0.2, 0) is 32.0 Å². The largest absolute Gasteiger partial charge is 0.467 e. The first kappa shape index (κ1) is 29.7. The summed E-state index contributed by atoms with van der Waals surface area (Å²) in [6.07, 6.45) is 2.12. The highest BCUT2D eigenvalue weighted by atomic mass is 16.5. The number of esters is 1. The lowest BCUT2D eigenvalue weighted by atomic mass is 10.0. The normalized spacial score (nSPS) is 10.3. The lowest BCUT2D eigenvalue weighted by molar-refractivity contribution is -0.145. The van der Waals surface area contributed by atoms with Crippen molar-refractivity contribution < 1.29 is 19.1 Å². The average molecular weight is 494 g/mol. The number of carbonyl (C=O) groups excluding carboxylic acids is 3. The highest BCUT2D eigenvalue weighted by Crippen LogP contribution is 2.08. The van der Waals surface area contributed by atoms with Crippen LogP contribution in [0.25, 0.3) is 0 Å². The van der Waals surface area contributed by atoms with Crippen LogP contribution in [0.2, 0.25) is 0 Å². The fourth-order valence-corrected chi connectivity index (χ4v) is 2.78. The minimum atomic E-state index is -0.910. The Kier molecular flexibility index (Phi) is 14.2. The Hall–Kier alpha value is -4.32. The number of aliphatic imine (C=N–C) groups is 1. The third-order valence-electron chi connectivity index (χ3n) is 4.43. The maximum atomic E-state index is 12.2. The fourth-order valence-electron chi connectivity index (χ4n) is 2.78. The van der Waals surface area contributed by atoms with Gasteiger partial charge >= 0.3 is 5.97 Å². The number of ether oxygens (including phenoxy) is 1. The molecule has 9 heteroatoms. The first-order chi connectivity index (χ1) is 17.3. The zero-order valence-corrected chi connectivity index (χ0v) is 21.0. The molecule has 2 rings (SSSR count). The van der Waals surface area contributed by atoms with Gasteiger partial charge in [-0.2, -0.15) is 0 Å². The molecule has 0 spiro atoms. The van der Waals surface area contributed by atoms with Crippen molar-refractivity contribution in [1.82, 2.24) is 10.6 Å². The minimum Gasteiger partial charge on any atom is -0.467 e. The molecule has 0 aliphatic rings. The summed E-state index contributed by atoms with van der Waals surface area (Å²) in [4.78, 5) is 39.4. The SMILES string of the molecule is CCC.COC(=O)C(Cc1ccc(C#CCc2ccccc2)cc1)NC(=O)CNC(=O)CN=C(N)N. The van der Waals surface area contributed by atoms with E-state index in [-0.39, 0.29) is 25.5 Å². The number of methoxy groups -OCH3 is 1. The first-order valence-electron chi connectivity index (χ1n) is 11.6. The minimum absolute atomic E-state index is 0.220. The van der Waals surface area contributed by atoms with Gasteiger partial charge in [-0.25, -0.2) is 9.79 Å². The smallest absolute Gasteiger partial charge is 0.328 e. The lowest BCUT2D eigenvalue weighted by Gasteiger charge is -2.17. The highest BCUT2D eigenvalue weighted by molar-refractivity contribution is 5.89. The maximum Gasteiger partial charge on any atom is 0.328 e. The van der Waals surface area contributed by atoms with Crippen molar-refractivity contribution in [3.63, 3.8) is 0 Å². The summed E-state index contributed by atoms with van der Waals surface area (Å²) >= 11 is 0. The number of rotatable bonds is 9. The van der Waals surface area contributed by atoms with Gasteiger partial charge in [0, 0.05) is 18.4 Å². The standard InChI is InChI=1S/C24H27N5O4.C3H8/c1-33-23(32)20(29-22(31)16-27-21(30)15-28-24(25)26)14-19-12-10-18(11-13-19)9-5-8-17-6-3-2-4-7-17;1-3-2/h2-4,6-7,10-13,20H,8,14-16H2,1H3,(H,27,30)(H,29,31)(H4,25,26,28);3H2,1-2H3. The van der Waals surface area contributed by atoms with Crippen molar-refractivity contribution in [2.24, 2.45) is 16.5 Å². The quantitative estimate of drug-likeness (QED) is 0.179. The average Bonchev–Trinajstić information content (AvgIpc) is 2.87. The predicted octanol–water partition coefficient (Wildman–Crippen LogP) is 1.29. The molecule has 0 fully saturated rings. The van der Waals surface area contributed by atoms with E-state index in [0.29, 0.717) is 6.42 Å². The van der Waals surface area contributed by atoms with Crippen molar-refractivity contribution in [2.75, 3.05) is 20.2 Å². The number of guanidine groups is 1. The number of hydrogen-bond donors (Lipinski definition) is 4. The number of nitrogens with one attached hydrogen (secondary N) is 2. The van der Waals surface area contributed by atoms with E-state index < -0.39 is 23.8 Å².